The average molecular weight is 265 g/mol. The first-order valence-corrected chi connectivity index (χ1v) is 5.90. The van der Waals surface area contributed by atoms with Crippen molar-refractivity contribution in [3.8, 4) is 0 Å². The third-order valence-corrected chi connectivity index (χ3v) is 2.85. The lowest BCUT2D eigenvalue weighted by atomic mass is 10.3. The highest BCUT2D eigenvalue weighted by molar-refractivity contribution is 6.30. The van der Waals surface area contributed by atoms with E-state index in [1.54, 1.807) is 24.8 Å². The lowest BCUT2D eigenvalue weighted by Crippen LogP contribution is -2.14. The van der Waals surface area contributed by atoms with E-state index in [-0.39, 0.29) is 5.91 Å². The molecule has 2 rings (SSSR count). The number of carbonyl (C=O) groups excluding carboxylic acids is 1. The molecule has 6 heteroatoms. The Balaban J connectivity index is 1.88. The van der Waals surface area contributed by atoms with Crippen LogP contribution in [-0.2, 0) is 11.3 Å². The van der Waals surface area contributed by atoms with Crippen molar-refractivity contribution < 1.29 is 4.79 Å². The van der Waals surface area contributed by atoms with Gasteiger partial charge < -0.3 is 9.88 Å². The number of aromatic nitrogens is 3. The number of pyridine rings is 1. The number of nitrogens with one attached hydrogen (secondary N) is 1. The van der Waals surface area contributed by atoms with Crippen LogP contribution >= 0.6 is 11.6 Å². The van der Waals surface area contributed by atoms with Gasteiger partial charge in [-0.2, -0.15) is 0 Å². The first kappa shape index (κ1) is 12.6. The summed E-state index contributed by atoms with van der Waals surface area (Å²) in [5.41, 5.74) is 1.50. The highest BCUT2D eigenvalue weighted by Gasteiger charge is 2.04. The van der Waals surface area contributed by atoms with E-state index in [1.807, 2.05) is 17.7 Å². The molecule has 1 amide bonds. The number of rotatable bonds is 4. The molecule has 0 bridgehead atoms. The van der Waals surface area contributed by atoms with Crippen molar-refractivity contribution in [2.75, 3.05) is 5.32 Å². The molecular formula is C12H13ClN4O. The number of halogens is 1. The molecular weight excluding hydrogens is 252 g/mol. The predicted octanol–water partition coefficient (Wildman–Crippen LogP) is 2.27. The largest absolute Gasteiger partial charge is 0.337 e. The van der Waals surface area contributed by atoms with Crippen molar-refractivity contribution in [3.63, 3.8) is 0 Å². The number of aryl methyl sites for hydroxylation is 2. The van der Waals surface area contributed by atoms with Gasteiger partial charge in [0.2, 0.25) is 5.91 Å². The second-order valence-corrected chi connectivity index (χ2v) is 4.29. The van der Waals surface area contributed by atoms with Crippen molar-refractivity contribution in [1.82, 2.24) is 14.5 Å². The highest BCUT2D eigenvalue weighted by atomic mass is 35.5. The van der Waals surface area contributed by atoms with Crippen molar-refractivity contribution in [2.24, 2.45) is 0 Å². The summed E-state index contributed by atoms with van der Waals surface area (Å²) >= 11 is 5.81. The molecule has 18 heavy (non-hydrogen) atoms. The SMILES string of the molecule is Cc1cc(NC(=O)CCn2ccnc2)cnc1Cl. The molecule has 0 fully saturated rings. The van der Waals surface area contributed by atoms with Crippen LogP contribution in [0.3, 0.4) is 0 Å². The maximum Gasteiger partial charge on any atom is 0.226 e. The second kappa shape index (κ2) is 5.64. The fourth-order valence-corrected chi connectivity index (χ4v) is 1.60. The third kappa shape index (κ3) is 3.30. The minimum Gasteiger partial charge on any atom is -0.337 e. The fraction of sp³-hybridized carbons (Fsp3) is 0.250. The van der Waals surface area contributed by atoms with Crippen molar-refractivity contribution in [1.29, 1.82) is 0 Å². The number of nitrogens with zero attached hydrogens (tertiary/aromatic N) is 3. The highest BCUT2D eigenvalue weighted by Crippen LogP contribution is 2.16. The number of anilines is 1. The van der Waals surface area contributed by atoms with Crippen LogP contribution in [-0.4, -0.2) is 20.4 Å². The second-order valence-electron chi connectivity index (χ2n) is 3.93. The van der Waals surface area contributed by atoms with E-state index in [9.17, 15) is 4.79 Å². The Bertz CT molecular complexity index is 539. The van der Waals surface area contributed by atoms with Crippen LogP contribution in [0, 0.1) is 6.92 Å². The molecule has 0 aromatic carbocycles. The molecule has 0 saturated heterocycles. The molecule has 2 heterocycles. The van der Waals surface area contributed by atoms with Gasteiger partial charge in [0.15, 0.2) is 0 Å². The zero-order valence-electron chi connectivity index (χ0n) is 9.93. The maximum absolute atomic E-state index is 11.7. The van der Waals surface area contributed by atoms with Gasteiger partial charge in [-0.15, -0.1) is 0 Å². The van der Waals surface area contributed by atoms with E-state index in [4.69, 9.17) is 11.6 Å². The summed E-state index contributed by atoms with van der Waals surface area (Å²) < 4.78 is 1.85. The van der Waals surface area contributed by atoms with Gasteiger partial charge in [-0.3, -0.25) is 4.79 Å². The molecule has 0 radical (unpaired) electrons. The van der Waals surface area contributed by atoms with Gasteiger partial charge in [-0.05, 0) is 18.6 Å². The van der Waals surface area contributed by atoms with E-state index in [0.29, 0.717) is 23.8 Å². The van der Waals surface area contributed by atoms with Gasteiger partial charge in [0.25, 0.3) is 0 Å². The monoisotopic (exact) mass is 264 g/mol. The van der Waals surface area contributed by atoms with Crippen molar-refractivity contribution >= 4 is 23.2 Å². The number of hydrogen-bond acceptors (Lipinski definition) is 3. The molecule has 2 aromatic heterocycles. The standard InChI is InChI=1S/C12H13ClN4O/c1-9-6-10(7-15-12(9)13)16-11(18)2-4-17-5-3-14-8-17/h3,5-8H,2,4H2,1H3,(H,16,18). The van der Waals surface area contributed by atoms with Crippen LogP contribution in [0.15, 0.2) is 31.0 Å². The van der Waals surface area contributed by atoms with Gasteiger partial charge in [-0.1, -0.05) is 11.6 Å². The van der Waals surface area contributed by atoms with E-state index in [0.717, 1.165) is 5.56 Å². The Morgan fingerprint density at radius 1 is 1.56 bits per heavy atom. The molecule has 94 valence electrons. The molecule has 2 aromatic rings. The molecule has 0 atom stereocenters. The van der Waals surface area contributed by atoms with Gasteiger partial charge in [0.05, 0.1) is 18.2 Å². The minimum atomic E-state index is -0.0628. The molecule has 0 aliphatic rings. The molecule has 0 spiro atoms. The summed E-state index contributed by atoms with van der Waals surface area (Å²) in [5, 5.41) is 3.23. The normalized spacial score (nSPS) is 10.3. The summed E-state index contributed by atoms with van der Waals surface area (Å²) in [4.78, 5) is 19.6. The van der Waals surface area contributed by atoms with Crippen LogP contribution in [0.2, 0.25) is 5.15 Å². The van der Waals surface area contributed by atoms with Gasteiger partial charge in [-0.25, -0.2) is 9.97 Å². The quantitative estimate of drug-likeness (QED) is 0.862. The Morgan fingerprint density at radius 2 is 2.39 bits per heavy atom. The number of imidazole rings is 1. The van der Waals surface area contributed by atoms with Crippen molar-refractivity contribution in [3.05, 3.63) is 41.7 Å². The lowest BCUT2D eigenvalue weighted by Gasteiger charge is -2.06. The Hall–Kier alpha value is -1.88. The van der Waals surface area contributed by atoms with E-state index < -0.39 is 0 Å². The molecule has 0 aliphatic carbocycles. The molecule has 5 nitrogen and oxygen atoms in total. The van der Waals surface area contributed by atoms with Crippen LogP contribution < -0.4 is 5.32 Å². The van der Waals surface area contributed by atoms with Crippen LogP contribution in [0.1, 0.15) is 12.0 Å². The summed E-state index contributed by atoms with van der Waals surface area (Å²) in [6.07, 6.45) is 7.12. The van der Waals surface area contributed by atoms with Gasteiger partial charge in [0, 0.05) is 25.4 Å². The first-order chi connectivity index (χ1) is 8.65. The topological polar surface area (TPSA) is 59.8 Å². The van der Waals surface area contributed by atoms with Crippen LogP contribution in [0.25, 0.3) is 0 Å². The maximum atomic E-state index is 11.7. The van der Waals surface area contributed by atoms with Crippen LogP contribution in [0.5, 0.6) is 0 Å². The molecule has 0 unspecified atom stereocenters. The zero-order valence-corrected chi connectivity index (χ0v) is 10.7. The van der Waals surface area contributed by atoms with Crippen molar-refractivity contribution in [2.45, 2.75) is 19.9 Å². The molecule has 0 saturated carbocycles. The average Bonchev–Trinajstić information content (AvgIpc) is 2.84. The Kier molecular flexibility index (Phi) is 3.94. The van der Waals surface area contributed by atoms with E-state index >= 15 is 0 Å². The number of amides is 1. The van der Waals surface area contributed by atoms with E-state index in [1.165, 1.54) is 0 Å². The van der Waals surface area contributed by atoms with E-state index in [2.05, 4.69) is 15.3 Å². The lowest BCUT2D eigenvalue weighted by molar-refractivity contribution is -0.116. The third-order valence-electron chi connectivity index (χ3n) is 2.45. The summed E-state index contributed by atoms with van der Waals surface area (Å²) in [5.74, 6) is -0.0628. The van der Waals surface area contributed by atoms with Gasteiger partial charge >= 0.3 is 0 Å². The van der Waals surface area contributed by atoms with Gasteiger partial charge in [0.1, 0.15) is 5.15 Å². The summed E-state index contributed by atoms with van der Waals surface area (Å²) in [7, 11) is 0. The molecule has 1 N–H and O–H groups in total. The molecule has 0 aliphatic heterocycles. The summed E-state index contributed by atoms with van der Waals surface area (Å²) in [6.45, 7) is 2.45. The fourth-order valence-electron chi connectivity index (χ4n) is 1.50. The summed E-state index contributed by atoms with van der Waals surface area (Å²) in [6, 6.07) is 1.80. The number of carbonyl (C=O) groups is 1. The zero-order chi connectivity index (χ0) is 13.0. The smallest absolute Gasteiger partial charge is 0.226 e. The minimum absolute atomic E-state index is 0.0628. The number of hydrogen-bond donors (Lipinski definition) is 1. The van der Waals surface area contributed by atoms with Crippen LogP contribution in [0.4, 0.5) is 5.69 Å². The Labute approximate surface area is 110 Å². The Morgan fingerprint density at radius 3 is 3.06 bits per heavy atom. The first-order valence-electron chi connectivity index (χ1n) is 5.53. The predicted molar refractivity (Wildman–Crippen MR) is 69.5 cm³/mol.